The van der Waals surface area contributed by atoms with E-state index in [9.17, 15) is 28.7 Å². The molecule has 0 fully saturated rings. The lowest BCUT2D eigenvalue weighted by molar-refractivity contribution is -0.0751. The Balaban J connectivity index is 2.62. The molecular weight excluding hydrogens is 399 g/mol. The lowest BCUT2D eigenvalue weighted by Crippen LogP contribution is -2.41. The Labute approximate surface area is 162 Å². The van der Waals surface area contributed by atoms with Gasteiger partial charge in [-0.15, -0.1) is 0 Å². The molecule has 0 aliphatic rings. The van der Waals surface area contributed by atoms with Crippen LogP contribution in [0.4, 0.5) is 8.78 Å². The highest BCUT2D eigenvalue weighted by molar-refractivity contribution is 7.55. The van der Waals surface area contributed by atoms with Crippen LogP contribution in [0.3, 0.4) is 0 Å². The van der Waals surface area contributed by atoms with Gasteiger partial charge in [0.1, 0.15) is 18.8 Å². The van der Waals surface area contributed by atoms with Crippen LogP contribution in [-0.2, 0) is 25.1 Å². The van der Waals surface area contributed by atoms with E-state index in [0.717, 1.165) is 11.8 Å². The van der Waals surface area contributed by atoms with Gasteiger partial charge in [0.2, 0.25) is 0 Å². The van der Waals surface area contributed by atoms with Crippen molar-refractivity contribution in [1.82, 2.24) is 0 Å². The summed E-state index contributed by atoms with van der Waals surface area (Å²) in [6.07, 6.45) is -6.62. The third-order valence-electron chi connectivity index (χ3n) is 3.56. The van der Waals surface area contributed by atoms with Crippen LogP contribution >= 0.6 is 7.60 Å². The summed E-state index contributed by atoms with van der Waals surface area (Å²) in [5.74, 6) is 0. The molecule has 0 aromatic heterocycles. The molecule has 160 valence electrons. The molecule has 8 nitrogen and oxygen atoms in total. The van der Waals surface area contributed by atoms with Crippen molar-refractivity contribution in [3.05, 3.63) is 35.9 Å². The highest BCUT2D eigenvalue weighted by Crippen LogP contribution is 2.63. The Morgan fingerprint density at radius 3 is 2.25 bits per heavy atom. The smallest absolute Gasteiger partial charge is 0.391 e. The average Bonchev–Trinajstić information content (AvgIpc) is 2.65. The summed E-state index contributed by atoms with van der Waals surface area (Å²) < 4.78 is 50.0. The fourth-order valence-electron chi connectivity index (χ4n) is 2.16. The van der Waals surface area contributed by atoms with Gasteiger partial charge in [-0.1, -0.05) is 35.5 Å². The van der Waals surface area contributed by atoms with E-state index in [2.05, 4.69) is 14.2 Å². The summed E-state index contributed by atoms with van der Waals surface area (Å²) in [7, 11) is -4.85. The Morgan fingerprint density at radius 1 is 1.14 bits per heavy atom. The summed E-state index contributed by atoms with van der Waals surface area (Å²) in [6.45, 7) is 2.23. The van der Waals surface area contributed by atoms with Gasteiger partial charge in [-0.3, -0.25) is 4.57 Å². The Morgan fingerprint density at radius 2 is 1.71 bits per heavy atom. The van der Waals surface area contributed by atoms with Crippen molar-refractivity contribution in [2.75, 3.05) is 13.2 Å². The second kappa shape index (κ2) is 11.5. The number of hydrogen-bond donors (Lipinski definition) is 3. The van der Waals surface area contributed by atoms with Gasteiger partial charge in [0.25, 0.3) is 0 Å². The molecule has 0 unspecified atom stereocenters. The number of halogens is 2. The molecule has 0 saturated carbocycles. The predicted molar refractivity (Wildman–Crippen MR) is 98.2 cm³/mol. The molecule has 0 bridgehead atoms. The largest absolute Gasteiger partial charge is 0.399 e. The summed E-state index contributed by atoms with van der Waals surface area (Å²) in [5, 5.41) is 32.9. The third kappa shape index (κ3) is 7.20. The van der Waals surface area contributed by atoms with Gasteiger partial charge >= 0.3 is 13.3 Å². The normalized spacial score (nSPS) is 16.1. The third-order valence-corrected chi connectivity index (χ3v) is 5.74. The van der Waals surface area contributed by atoms with Crippen molar-refractivity contribution in [3.63, 3.8) is 0 Å². The fourth-order valence-corrected chi connectivity index (χ4v) is 3.70. The first kappa shape index (κ1) is 24.6. The molecule has 0 heterocycles. The SMILES string of the molecule is CCOP(=O)(OCC)C(F)(F)C[C@@H](O)[C@@H](O)[C@@H](O)/C=N\OCc1ccccc1. The fraction of sp³-hybridized carbons (Fsp3) is 0.588. The van der Waals surface area contributed by atoms with Gasteiger partial charge in [0.05, 0.1) is 32.0 Å². The van der Waals surface area contributed by atoms with E-state index in [-0.39, 0.29) is 19.8 Å². The lowest BCUT2D eigenvalue weighted by Gasteiger charge is -2.29. The number of aliphatic hydroxyl groups is 3. The molecule has 11 heteroatoms. The van der Waals surface area contributed by atoms with Crippen LogP contribution in [-0.4, -0.2) is 58.7 Å². The number of aliphatic hydroxyl groups excluding tert-OH is 3. The van der Waals surface area contributed by atoms with Crippen molar-refractivity contribution in [1.29, 1.82) is 0 Å². The molecule has 3 atom stereocenters. The zero-order valence-corrected chi connectivity index (χ0v) is 16.5. The van der Waals surface area contributed by atoms with Gasteiger partial charge in [-0.05, 0) is 19.4 Å². The van der Waals surface area contributed by atoms with E-state index in [1.165, 1.54) is 13.8 Å². The number of rotatable bonds is 13. The Bertz CT molecular complexity index is 638. The van der Waals surface area contributed by atoms with Gasteiger partial charge in [-0.2, -0.15) is 8.78 Å². The van der Waals surface area contributed by atoms with Crippen molar-refractivity contribution in [3.8, 4) is 0 Å². The van der Waals surface area contributed by atoms with Crippen molar-refractivity contribution >= 4 is 13.8 Å². The van der Waals surface area contributed by atoms with Crippen LogP contribution < -0.4 is 0 Å². The molecule has 0 amide bonds. The zero-order chi connectivity index (χ0) is 21.2. The van der Waals surface area contributed by atoms with E-state index in [4.69, 9.17) is 4.84 Å². The zero-order valence-electron chi connectivity index (χ0n) is 15.6. The van der Waals surface area contributed by atoms with Gasteiger partial charge in [0.15, 0.2) is 0 Å². The van der Waals surface area contributed by atoms with E-state index in [0.29, 0.717) is 0 Å². The topological polar surface area (TPSA) is 118 Å². The summed E-state index contributed by atoms with van der Waals surface area (Å²) >= 11 is 0. The molecule has 1 rings (SSSR count). The highest BCUT2D eigenvalue weighted by atomic mass is 31.2. The summed E-state index contributed by atoms with van der Waals surface area (Å²) in [6, 6.07) is 8.96. The summed E-state index contributed by atoms with van der Waals surface area (Å²) in [5.41, 5.74) is -3.27. The first-order valence-electron chi connectivity index (χ1n) is 8.67. The monoisotopic (exact) mass is 425 g/mol. The highest BCUT2D eigenvalue weighted by Gasteiger charge is 2.55. The standard InChI is InChI=1S/C17H26F2NO7P/c1-3-26-28(24,27-4-2)17(18,19)10-14(21)16(23)15(22)11-20-25-12-13-8-6-5-7-9-13/h5-9,11,14-16,21-23H,3-4,10,12H2,1-2H3/b20-11-/t14-,15+,16-/m1/s1. The van der Waals surface area contributed by atoms with Gasteiger partial charge in [0, 0.05) is 0 Å². The molecule has 1 aromatic carbocycles. The number of alkyl halides is 2. The lowest BCUT2D eigenvalue weighted by atomic mass is 10.1. The average molecular weight is 425 g/mol. The first-order valence-corrected chi connectivity index (χ1v) is 10.2. The van der Waals surface area contributed by atoms with Crippen LogP contribution in [0.5, 0.6) is 0 Å². The maximum atomic E-state index is 14.3. The van der Waals surface area contributed by atoms with Crippen LogP contribution in [0.15, 0.2) is 35.5 Å². The predicted octanol–water partition coefficient (Wildman–Crippen LogP) is 2.52. The molecular formula is C17H26F2NO7P. The molecule has 0 radical (unpaired) electrons. The van der Waals surface area contributed by atoms with Crippen LogP contribution in [0, 0.1) is 0 Å². The minimum absolute atomic E-state index is 0.0900. The number of oxime groups is 1. The molecule has 3 N–H and O–H groups in total. The number of benzene rings is 1. The second-order valence-corrected chi connectivity index (χ2v) is 7.93. The van der Waals surface area contributed by atoms with E-state index in [1.54, 1.807) is 24.3 Å². The van der Waals surface area contributed by atoms with E-state index >= 15 is 0 Å². The van der Waals surface area contributed by atoms with E-state index < -0.39 is 38.0 Å². The van der Waals surface area contributed by atoms with Crippen molar-refractivity contribution in [2.24, 2.45) is 5.16 Å². The molecule has 1 aromatic rings. The molecule has 28 heavy (non-hydrogen) atoms. The van der Waals surface area contributed by atoms with Crippen molar-refractivity contribution < 1.29 is 42.6 Å². The molecule has 0 aliphatic carbocycles. The maximum Gasteiger partial charge on any atom is 0.399 e. The van der Waals surface area contributed by atoms with Crippen LogP contribution in [0.2, 0.25) is 0 Å². The molecule has 0 aliphatic heterocycles. The van der Waals surface area contributed by atoms with Gasteiger partial charge in [-0.25, -0.2) is 0 Å². The second-order valence-electron chi connectivity index (χ2n) is 5.77. The summed E-state index contributed by atoms with van der Waals surface area (Å²) in [4.78, 5) is 4.92. The maximum absolute atomic E-state index is 14.3. The van der Waals surface area contributed by atoms with E-state index in [1.807, 2.05) is 6.07 Å². The molecule has 0 spiro atoms. The minimum atomic E-state index is -4.85. The van der Waals surface area contributed by atoms with Crippen LogP contribution in [0.25, 0.3) is 0 Å². The number of nitrogens with zero attached hydrogens (tertiary/aromatic N) is 1. The van der Waals surface area contributed by atoms with Crippen molar-refractivity contribution in [2.45, 2.75) is 50.9 Å². The van der Waals surface area contributed by atoms with Gasteiger partial charge < -0.3 is 29.2 Å². The first-order chi connectivity index (χ1) is 13.2. The number of hydrogen-bond acceptors (Lipinski definition) is 8. The molecule has 0 saturated heterocycles. The Kier molecular flexibility index (Phi) is 10.2. The quantitative estimate of drug-likeness (QED) is 0.253. The van der Waals surface area contributed by atoms with Crippen LogP contribution in [0.1, 0.15) is 25.8 Å². The minimum Gasteiger partial charge on any atom is -0.391 e. The Hall–Kier alpha value is -1.42.